The predicted octanol–water partition coefficient (Wildman–Crippen LogP) is 0.986. The van der Waals surface area contributed by atoms with E-state index in [1.54, 1.807) is 18.3 Å². The van der Waals surface area contributed by atoms with Crippen LogP contribution >= 0.6 is 0 Å². The summed E-state index contributed by atoms with van der Waals surface area (Å²) in [4.78, 5) is 22.5. The molecule has 0 saturated carbocycles. The Kier molecular flexibility index (Phi) is 4.01. The van der Waals surface area contributed by atoms with Crippen LogP contribution in [0.1, 0.15) is 11.4 Å². The van der Waals surface area contributed by atoms with Gasteiger partial charge in [-0.15, -0.1) is 0 Å². The molecule has 2 rings (SSSR count). The molecule has 0 aliphatic heterocycles. The molecule has 0 aromatic carbocycles. The smallest absolute Gasteiger partial charge is 0.332 e. The maximum Gasteiger partial charge on any atom is 0.332 e. The molecule has 0 unspecified atom stereocenters. The number of nitrogens with one attached hydrogen (secondary N) is 2. The fraction of sp³-hybridized carbons (Fsp3) is 0.182. The van der Waals surface area contributed by atoms with Gasteiger partial charge in [0.15, 0.2) is 0 Å². The van der Waals surface area contributed by atoms with Crippen LogP contribution in [0.3, 0.4) is 0 Å². The third-order valence-electron chi connectivity index (χ3n) is 2.53. The Bertz CT molecular complexity index is 618. The summed E-state index contributed by atoms with van der Waals surface area (Å²) < 4.78 is 0. The molecule has 9 heteroatoms. The third-order valence-corrected chi connectivity index (χ3v) is 2.53. The molecule has 2 aromatic rings. The Morgan fingerprint density at radius 2 is 2.20 bits per heavy atom. The van der Waals surface area contributed by atoms with E-state index in [-0.39, 0.29) is 23.1 Å². The summed E-state index contributed by atoms with van der Waals surface area (Å²) >= 11 is 0. The van der Waals surface area contributed by atoms with Gasteiger partial charge in [-0.25, -0.2) is 10.8 Å². The summed E-state index contributed by atoms with van der Waals surface area (Å²) in [7, 11) is 0. The zero-order valence-electron chi connectivity index (χ0n) is 10.7. The molecule has 9 nitrogen and oxygen atoms in total. The van der Waals surface area contributed by atoms with Gasteiger partial charge in [0.25, 0.3) is 0 Å². The first-order valence-electron chi connectivity index (χ1n) is 5.75. The molecular weight excluding hydrogens is 262 g/mol. The van der Waals surface area contributed by atoms with Crippen molar-refractivity contribution in [3.8, 4) is 0 Å². The van der Waals surface area contributed by atoms with Crippen molar-refractivity contribution in [3.63, 3.8) is 0 Å². The number of hydrazine groups is 1. The summed E-state index contributed by atoms with van der Waals surface area (Å²) in [5.74, 6) is 5.44. The molecule has 2 heterocycles. The molecule has 0 fully saturated rings. The molecule has 0 radical (unpaired) electrons. The maximum atomic E-state index is 11.1. The Morgan fingerprint density at radius 3 is 2.80 bits per heavy atom. The highest BCUT2D eigenvalue weighted by Crippen LogP contribution is 2.26. The van der Waals surface area contributed by atoms with Crippen LogP contribution in [0, 0.1) is 17.0 Å². The van der Waals surface area contributed by atoms with Crippen LogP contribution in [0.2, 0.25) is 0 Å². The zero-order valence-corrected chi connectivity index (χ0v) is 10.7. The lowest BCUT2D eigenvalue weighted by Crippen LogP contribution is -2.14. The first-order valence-corrected chi connectivity index (χ1v) is 5.75. The number of nitrogen functional groups attached to an aromatic ring is 1. The molecule has 0 spiro atoms. The van der Waals surface area contributed by atoms with Crippen molar-refractivity contribution in [2.75, 3.05) is 10.7 Å². The normalized spacial score (nSPS) is 10.1. The second-order valence-corrected chi connectivity index (χ2v) is 3.91. The first-order chi connectivity index (χ1) is 9.61. The summed E-state index contributed by atoms with van der Waals surface area (Å²) in [6, 6.07) is 5.42. The third kappa shape index (κ3) is 2.95. The number of nitrogens with zero attached hydrogens (tertiary/aromatic N) is 4. The highest BCUT2D eigenvalue weighted by molar-refractivity contribution is 5.60. The molecule has 4 N–H and O–H groups in total. The minimum atomic E-state index is -0.531. The van der Waals surface area contributed by atoms with Crippen molar-refractivity contribution in [2.45, 2.75) is 13.5 Å². The standard InChI is InChI=1S/C11H13N7O2/c1-7-9(18(19)20)10(16-11(15-7)17-12)14-6-8-4-2-3-5-13-8/h2-5H,6,12H2,1H3,(H2,14,15,16,17). The Morgan fingerprint density at radius 1 is 1.40 bits per heavy atom. The molecule has 0 saturated heterocycles. The van der Waals surface area contributed by atoms with E-state index in [2.05, 4.69) is 25.7 Å². The highest BCUT2D eigenvalue weighted by atomic mass is 16.6. The fourth-order valence-corrected chi connectivity index (χ4v) is 1.65. The fourth-order valence-electron chi connectivity index (χ4n) is 1.65. The predicted molar refractivity (Wildman–Crippen MR) is 72.8 cm³/mol. The SMILES string of the molecule is Cc1nc(NN)nc(NCc2ccccn2)c1[N+](=O)[O-]. The molecular formula is C11H13N7O2. The summed E-state index contributed by atoms with van der Waals surface area (Å²) in [6.07, 6.45) is 1.64. The minimum Gasteiger partial charge on any atom is -0.359 e. The van der Waals surface area contributed by atoms with Gasteiger partial charge in [-0.1, -0.05) is 6.07 Å². The van der Waals surface area contributed by atoms with Crippen LogP contribution < -0.4 is 16.6 Å². The molecule has 0 amide bonds. The lowest BCUT2D eigenvalue weighted by atomic mass is 10.3. The van der Waals surface area contributed by atoms with Crippen LogP contribution in [0.4, 0.5) is 17.5 Å². The van der Waals surface area contributed by atoms with E-state index in [1.807, 2.05) is 6.07 Å². The van der Waals surface area contributed by atoms with Gasteiger partial charge in [-0.2, -0.15) is 4.98 Å². The van der Waals surface area contributed by atoms with E-state index >= 15 is 0 Å². The van der Waals surface area contributed by atoms with E-state index in [1.165, 1.54) is 6.92 Å². The van der Waals surface area contributed by atoms with Crippen LogP contribution in [0.15, 0.2) is 24.4 Å². The molecule has 0 atom stereocenters. The summed E-state index contributed by atoms with van der Waals surface area (Å²) in [5.41, 5.74) is 3.05. The van der Waals surface area contributed by atoms with E-state index in [4.69, 9.17) is 5.84 Å². The second kappa shape index (κ2) is 5.89. The van der Waals surface area contributed by atoms with Crippen molar-refractivity contribution in [2.24, 2.45) is 5.84 Å². The lowest BCUT2D eigenvalue weighted by molar-refractivity contribution is -0.385. The Labute approximate surface area is 114 Å². The topological polar surface area (TPSA) is 132 Å². The first kappa shape index (κ1) is 13.6. The number of aryl methyl sites for hydroxylation is 1. The minimum absolute atomic E-state index is 0.0982. The number of hydrogen-bond acceptors (Lipinski definition) is 8. The van der Waals surface area contributed by atoms with Crippen molar-refractivity contribution in [3.05, 3.63) is 45.9 Å². The molecule has 0 bridgehead atoms. The molecule has 0 aliphatic rings. The number of nitrogens with two attached hydrogens (primary N) is 1. The summed E-state index contributed by atoms with van der Waals surface area (Å²) in [6.45, 7) is 1.83. The van der Waals surface area contributed by atoms with Crippen molar-refractivity contribution < 1.29 is 4.92 Å². The van der Waals surface area contributed by atoms with Gasteiger partial charge in [0.1, 0.15) is 5.69 Å². The Hall–Kier alpha value is -2.81. The van der Waals surface area contributed by atoms with E-state index in [0.717, 1.165) is 5.69 Å². The Balaban J connectivity index is 2.29. The lowest BCUT2D eigenvalue weighted by Gasteiger charge is -2.08. The van der Waals surface area contributed by atoms with Crippen molar-refractivity contribution >= 4 is 17.5 Å². The van der Waals surface area contributed by atoms with Crippen LogP contribution in [-0.4, -0.2) is 19.9 Å². The number of rotatable bonds is 5. The van der Waals surface area contributed by atoms with Gasteiger partial charge < -0.3 is 5.32 Å². The van der Waals surface area contributed by atoms with Crippen LogP contribution in [0.25, 0.3) is 0 Å². The number of aromatic nitrogens is 3. The van der Waals surface area contributed by atoms with Crippen molar-refractivity contribution in [1.29, 1.82) is 0 Å². The van der Waals surface area contributed by atoms with Gasteiger partial charge in [-0.05, 0) is 19.1 Å². The highest BCUT2D eigenvalue weighted by Gasteiger charge is 2.21. The average Bonchev–Trinajstić information content (AvgIpc) is 2.45. The van der Waals surface area contributed by atoms with Crippen LogP contribution in [-0.2, 0) is 6.54 Å². The largest absolute Gasteiger partial charge is 0.359 e. The van der Waals surface area contributed by atoms with E-state index in [0.29, 0.717) is 6.54 Å². The maximum absolute atomic E-state index is 11.1. The van der Waals surface area contributed by atoms with Gasteiger partial charge in [-0.3, -0.25) is 20.5 Å². The van der Waals surface area contributed by atoms with Gasteiger partial charge in [0.05, 0.1) is 17.2 Å². The average molecular weight is 275 g/mol. The second-order valence-electron chi connectivity index (χ2n) is 3.91. The van der Waals surface area contributed by atoms with E-state index in [9.17, 15) is 10.1 Å². The number of anilines is 2. The number of hydrogen-bond donors (Lipinski definition) is 3. The van der Waals surface area contributed by atoms with Gasteiger partial charge >= 0.3 is 5.69 Å². The molecule has 2 aromatic heterocycles. The molecule has 104 valence electrons. The van der Waals surface area contributed by atoms with Gasteiger partial charge in [0.2, 0.25) is 11.8 Å². The molecule has 0 aliphatic carbocycles. The number of nitro groups is 1. The molecule has 20 heavy (non-hydrogen) atoms. The number of pyridine rings is 1. The monoisotopic (exact) mass is 275 g/mol. The quantitative estimate of drug-likeness (QED) is 0.418. The van der Waals surface area contributed by atoms with E-state index < -0.39 is 4.92 Å². The van der Waals surface area contributed by atoms with Gasteiger partial charge in [0, 0.05) is 6.20 Å². The summed E-state index contributed by atoms with van der Waals surface area (Å²) in [5, 5.41) is 13.9. The zero-order chi connectivity index (χ0) is 14.5. The van der Waals surface area contributed by atoms with Crippen molar-refractivity contribution in [1.82, 2.24) is 15.0 Å². The van der Waals surface area contributed by atoms with Crippen LogP contribution in [0.5, 0.6) is 0 Å².